The van der Waals surface area contributed by atoms with Gasteiger partial charge in [0.25, 0.3) is 11.8 Å². The fraction of sp³-hybridized carbons (Fsp3) is 0.308. The molecular formula is C26H27FN2O4. The lowest BCUT2D eigenvalue weighted by molar-refractivity contribution is -0.128. The lowest BCUT2D eigenvalue weighted by atomic mass is 9.87. The first-order valence-electron chi connectivity index (χ1n) is 11.2. The number of hydrogen-bond acceptors (Lipinski definition) is 4. The molecule has 0 spiro atoms. The van der Waals surface area contributed by atoms with Crippen LogP contribution < -0.4 is 10.1 Å². The van der Waals surface area contributed by atoms with Crippen LogP contribution in [0.15, 0.2) is 65.3 Å². The SMILES string of the molecule is CCNC(=O)[C@H](CC)Oc1ccc2c(c1)[C@H](c1ccc(F)cc1)N(C(=O)c1ccco1)CC2. The number of ether oxygens (including phenoxy) is 1. The second-order valence-electron chi connectivity index (χ2n) is 7.95. The average Bonchev–Trinajstić information content (AvgIpc) is 3.37. The molecule has 7 heteroatoms. The van der Waals surface area contributed by atoms with E-state index in [-0.39, 0.29) is 23.4 Å². The number of carbonyl (C=O) groups excluding carboxylic acids is 2. The number of amides is 2. The van der Waals surface area contributed by atoms with Crippen molar-refractivity contribution in [3.63, 3.8) is 0 Å². The van der Waals surface area contributed by atoms with Gasteiger partial charge in [0.2, 0.25) is 0 Å². The van der Waals surface area contributed by atoms with Crippen LogP contribution in [0.2, 0.25) is 0 Å². The molecule has 2 aromatic carbocycles. The van der Waals surface area contributed by atoms with Crippen molar-refractivity contribution < 1.29 is 23.1 Å². The van der Waals surface area contributed by atoms with E-state index in [9.17, 15) is 14.0 Å². The van der Waals surface area contributed by atoms with Gasteiger partial charge in [0.1, 0.15) is 11.6 Å². The van der Waals surface area contributed by atoms with E-state index in [1.807, 2.05) is 32.0 Å². The molecule has 3 aromatic rings. The summed E-state index contributed by atoms with van der Waals surface area (Å²) in [5.74, 6) is 0.0532. The molecular weight excluding hydrogens is 423 g/mol. The number of benzene rings is 2. The van der Waals surface area contributed by atoms with Crippen LogP contribution in [0.5, 0.6) is 5.75 Å². The number of halogens is 1. The van der Waals surface area contributed by atoms with Crippen molar-refractivity contribution in [1.29, 1.82) is 0 Å². The molecule has 1 aliphatic rings. The minimum absolute atomic E-state index is 0.164. The first-order chi connectivity index (χ1) is 16.0. The molecule has 172 valence electrons. The van der Waals surface area contributed by atoms with Crippen molar-refractivity contribution in [2.24, 2.45) is 0 Å². The minimum atomic E-state index is -0.614. The van der Waals surface area contributed by atoms with Crippen LogP contribution in [0.3, 0.4) is 0 Å². The third-order valence-corrected chi connectivity index (χ3v) is 5.82. The monoisotopic (exact) mass is 450 g/mol. The molecule has 0 saturated carbocycles. The highest BCUT2D eigenvalue weighted by molar-refractivity contribution is 5.92. The summed E-state index contributed by atoms with van der Waals surface area (Å²) < 4.78 is 25.0. The molecule has 1 aromatic heterocycles. The maximum Gasteiger partial charge on any atom is 0.290 e. The van der Waals surface area contributed by atoms with Crippen molar-refractivity contribution in [3.05, 3.63) is 89.1 Å². The normalized spacial score (nSPS) is 16.1. The Balaban J connectivity index is 1.73. The van der Waals surface area contributed by atoms with Gasteiger partial charge in [-0.15, -0.1) is 0 Å². The molecule has 0 unspecified atom stereocenters. The highest BCUT2D eigenvalue weighted by Gasteiger charge is 2.34. The molecule has 0 aliphatic carbocycles. The minimum Gasteiger partial charge on any atom is -0.481 e. The van der Waals surface area contributed by atoms with E-state index >= 15 is 0 Å². The Kier molecular flexibility index (Phi) is 6.77. The van der Waals surface area contributed by atoms with Crippen LogP contribution in [0.25, 0.3) is 0 Å². The summed E-state index contributed by atoms with van der Waals surface area (Å²) in [5.41, 5.74) is 2.74. The van der Waals surface area contributed by atoms with Crippen molar-refractivity contribution in [1.82, 2.24) is 10.2 Å². The molecule has 0 fully saturated rings. The van der Waals surface area contributed by atoms with Gasteiger partial charge in [0.05, 0.1) is 12.3 Å². The van der Waals surface area contributed by atoms with Crippen LogP contribution in [-0.4, -0.2) is 35.9 Å². The Morgan fingerprint density at radius 2 is 1.97 bits per heavy atom. The molecule has 4 rings (SSSR count). The van der Waals surface area contributed by atoms with Crippen LogP contribution in [-0.2, 0) is 11.2 Å². The quantitative estimate of drug-likeness (QED) is 0.575. The molecule has 6 nitrogen and oxygen atoms in total. The maximum atomic E-state index is 13.7. The zero-order chi connectivity index (χ0) is 23.4. The predicted molar refractivity (Wildman–Crippen MR) is 122 cm³/mol. The third-order valence-electron chi connectivity index (χ3n) is 5.82. The van der Waals surface area contributed by atoms with Crippen LogP contribution in [0.4, 0.5) is 4.39 Å². The summed E-state index contributed by atoms with van der Waals surface area (Å²) in [6, 6.07) is 14.7. The summed E-state index contributed by atoms with van der Waals surface area (Å²) in [6.45, 7) is 4.77. The fourth-order valence-corrected chi connectivity index (χ4v) is 4.21. The molecule has 2 amide bonds. The Morgan fingerprint density at radius 1 is 1.18 bits per heavy atom. The van der Waals surface area contributed by atoms with Crippen molar-refractivity contribution in [2.75, 3.05) is 13.1 Å². The van der Waals surface area contributed by atoms with E-state index in [0.717, 1.165) is 16.7 Å². The third kappa shape index (κ3) is 4.77. The Hall–Kier alpha value is -3.61. The lowest BCUT2D eigenvalue weighted by Crippen LogP contribution is -2.40. The lowest BCUT2D eigenvalue weighted by Gasteiger charge is -2.37. The summed E-state index contributed by atoms with van der Waals surface area (Å²) in [5, 5.41) is 2.79. The highest BCUT2D eigenvalue weighted by atomic mass is 19.1. The zero-order valence-electron chi connectivity index (χ0n) is 18.7. The Labute approximate surface area is 192 Å². The van der Waals surface area contributed by atoms with Gasteiger partial charge in [-0.05, 0) is 72.9 Å². The predicted octanol–water partition coefficient (Wildman–Crippen LogP) is 4.50. The molecule has 1 aliphatic heterocycles. The molecule has 1 N–H and O–H groups in total. The molecule has 0 saturated heterocycles. The zero-order valence-corrected chi connectivity index (χ0v) is 18.7. The number of carbonyl (C=O) groups is 2. The topological polar surface area (TPSA) is 71.8 Å². The van der Waals surface area contributed by atoms with Gasteiger partial charge in [-0.1, -0.05) is 25.1 Å². The smallest absolute Gasteiger partial charge is 0.290 e. The number of nitrogens with zero attached hydrogens (tertiary/aromatic N) is 1. The van der Waals surface area contributed by atoms with E-state index < -0.39 is 12.1 Å². The van der Waals surface area contributed by atoms with E-state index in [0.29, 0.717) is 31.7 Å². The van der Waals surface area contributed by atoms with E-state index in [2.05, 4.69) is 5.32 Å². The first kappa shape index (κ1) is 22.6. The van der Waals surface area contributed by atoms with E-state index in [4.69, 9.17) is 9.15 Å². The molecule has 33 heavy (non-hydrogen) atoms. The fourth-order valence-electron chi connectivity index (χ4n) is 4.21. The molecule has 0 radical (unpaired) electrons. The van der Waals surface area contributed by atoms with Crippen molar-refractivity contribution in [2.45, 2.75) is 38.8 Å². The van der Waals surface area contributed by atoms with Gasteiger partial charge in [0.15, 0.2) is 11.9 Å². The van der Waals surface area contributed by atoms with Crippen LogP contribution in [0.1, 0.15) is 53.6 Å². The second-order valence-corrected chi connectivity index (χ2v) is 7.95. The largest absolute Gasteiger partial charge is 0.481 e. The van der Waals surface area contributed by atoms with Gasteiger partial charge >= 0.3 is 0 Å². The number of nitrogens with one attached hydrogen (secondary N) is 1. The summed E-state index contributed by atoms with van der Waals surface area (Å²) in [6.07, 6.45) is 2.04. The Bertz CT molecular complexity index is 1110. The molecule has 2 atom stereocenters. The van der Waals surface area contributed by atoms with Crippen LogP contribution in [0, 0.1) is 5.82 Å². The summed E-state index contributed by atoms with van der Waals surface area (Å²) in [4.78, 5) is 27.3. The summed E-state index contributed by atoms with van der Waals surface area (Å²) >= 11 is 0. The first-order valence-corrected chi connectivity index (χ1v) is 11.2. The standard InChI is InChI=1S/C26H27FN2O4/c1-3-22(25(30)28-4-2)33-20-12-9-17-13-14-29(26(31)23-6-5-15-32-23)24(21(17)16-20)18-7-10-19(27)11-8-18/h5-12,15-16,22,24H,3-4,13-14H2,1-2H3,(H,28,30)/t22-,24-/m0/s1. The van der Waals surface area contributed by atoms with E-state index in [1.165, 1.54) is 18.4 Å². The van der Waals surface area contributed by atoms with Crippen LogP contribution >= 0.6 is 0 Å². The molecule has 2 heterocycles. The highest BCUT2D eigenvalue weighted by Crippen LogP contribution is 2.38. The van der Waals surface area contributed by atoms with Gasteiger partial charge < -0.3 is 19.4 Å². The van der Waals surface area contributed by atoms with E-state index in [1.54, 1.807) is 29.2 Å². The van der Waals surface area contributed by atoms with Gasteiger partial charge in [-0.3, -0.25) is 9.59 Å². The average molecular weight is 451 g/mol. The van der Waals surface area contributed by atoms with Gasteiger partial charge in [-0.2, -0.15) is 0 Å². The Morgan fingerprint density at radius 3 is 2.64 bits per heavy atom. The number of likely N-dealkylation sites (N-methyl/N-ethyl adjacent to an activating group) is 1. The van der Waals surface area contributed by atoms with Crippen molar-refractivity contribution in [3.8, 4) is 5.75 Å². The van der Waals surface area contributed by atoms with Gasteiger partial charge in [-0.25, -0.2) is 4.39 Å². The van der Waals surface area contributed by atoms with Gasteiger partial charge in [0, 0.05) is 13.1 Å². The number of hydrogen-bond donors (Lipinski definition) is 1. The number of rotatable bonds is 7. The second kappa shape index (κ2) is 9.90. The van der Waals surface area contributed by atoms with Crippen molar-refractivity contribution >= 4 is 11.8 Å². The summed E-state index contributed by atoms with van der Waals surface area (Å²) in [7, 11) is 0. The maximum absolute atomic E-state index is 13.7. The number of furan rings is 1. The number of fused-ring (bicyclic) bond motifs is 1. The molecule has 0 bridgehead atoms.